The van der Waals surface area contributed by atoms with Crippen molar-refractivity contribution in [1.29, 1.82) is 0 Å². The van der Waals surface area contributed by atoms with Crippen molar-refractivity contribution in [2.45, 2.75) is 31.7 Å². The molecule has 0 saturated carbocycles. The van der Waals surface area contributed by atoms with Crippen LogP contribution in [0, 0.1) is 0 Å². The van der Waals surface area contributed by atoms with E-state index in [4.69, 9.17) is 9.47 Å². The molecular formula is C12H12O3. The molecule has 2 atom stereocenters. The minimum absolute atomic E-state index is 0.114. The van der Waals surface area contributed by atoms with Crippen molar-refractivity contribution in [3.8, 4) is 5.75 Å². The van der Waals surface area contributed by atoms with Crippen LogP contribution in [0.3, 0.4) is 0 Å². The topological polar surface area (TPSA) is 38.8 Å². The van der Waals surface area contributed by atoms with Crippen LogP contribution in [0.5, 0.6) is 5.75 Å². The van der Waals surface area contributed by atoms with E-state index in [1.165, 1.54) is 0 Å². The zero-order valence-corrected chi connectivity index (χ0v) is 8.69. The highest BCUT2D eigenvalue weighted by molar-refractivity contribution is 5.76. The number of hydrogen-bond acceptors (Lipinski definition) is 3. The Morgan fingerprint density at radius 2 is 2.20 bits per heavy atom. The smallest absolute Gasteiger partial charge is 0.150 e. The van der Waals surface area contributed by atoms with Crippen LogP contribution < -0.4 is 4.74 Å². The first-order chi connectivity index (χ1) is 7.12. The number of fused-ring (bicyclic) bond motifs is 3. The van der Waals surface area contributed by atoms with Crippen LogP contribution in [0.25, 0.3) is 0 Å². The quantitative estimate of drug-likeness (QED) is 0.519. The molecule has 15 heavy (non-hydrogen) atoms. The number of epoxide rings is 1. The maximum absolute atomic E-state index is 10.7. The Kier molecular flexibility index (Phi) is 1.55. The van der Waals surface area contributed by atoms with Crippen molar-refractivity contribution in [2.75, 3.05) is 0 Å². The molecule has 1 fully saturated rings. The number of carbonyl (C=O) groups excluding carboxylic acids is 1. The van der Waals surface area contributed by atoms with E-state index in [2.05, 4.69) is 0 Å². The van der Waals surface area contributed by atoms with Crippen LogP contribution in [0.2, 0.25) is 0 Å². The summed E-state index contributed by atoms with van der Waals surface area (Å²) in [4.78, 5) is 10.7. The highest BCUT2D eigenvalue weighted by Gasteiger charge is 2.56. The molecule has 1 saturated heterocycles. The van der Waals surface area contributed by atoms with E-state index < -0.39 is 0 Å². The molecule has 2 aliphatic heterocycles. The van der Waals surface area contributed by atoms with E-state index >= 15 is 0 Å². The lowest BCUT2D eigenvalue weighted by Crippen LogP contribution is -2.37. The van der Waals surface area contributed by atoms with Gasteiger partial charge < -0.3 is 9.47 Å². The maximum atomic E-state index is 10.7. The number of hydrogen-bond donors (Lipinski definition) is 0. The van der Waals surface area contributed by atoms with Gasteiger partial charge in [-0.25, -0.2) is 0 Å². The summed E-state index contributed by atoms with van der Waals surface area (Å²) in [6, 6.07) is 5.46. The maximum Gasteiger partial charge on any atom is 0.150 e. The molecule has 0 amide bonds. The minimum Gasteiger partial charge on any atom is -0.485 e. The van der Waals surface area contributed by atoms with Gasteiger partial charge in [0.15, 0.2) is 0 Å². The van der Waals surface area contributed by atoms with E-state index in [0.717, 1.165) is 17.6 Å². The molecule has 2 heterocycles. The number of aldehydes is 1. The third-order valence-corrected chi connectivity index (χ3v) is 3.03. The van der Waals surface area contributed by atoms with E-state index in [1.54, 1.807) is 6.07 Å². The van der Waals surface area contributed by atoms with Gasteiger partial charge in [0.25, 0.3) is 0 Å². The van der Waals surface area contributed by atoms with Crippen molar-refractivity contribution in [3.63, 3.8) is 0 Å². The molecule has 1 aromatic carbocycles. The van der Waals surface area contributed by atoms with Crippen molar-refractivity contribution in [1.82, 2.24) is 0 Å². The summed E-state index contributed by atoms with van der Waals surface area (Å²) in [6.45, 7) is 4.04. The molecule has 1 aromatic rings. The molecule has 0 radical (unpaired) electrons. The minimum atomic E-state index is -0.264. The summed E-state index contributed by atoms with van der Waals surface area (Å²) >= 11 is 0. The van der Waals surface area contributed by atoms with Crippen molar-refractivity contribution in [3.05, 3.63) is 29.3 Å². The molecule has 3 heteroatoms. The van der Waals surface area contributed by atoms with Gasteiger partial charge in [-0.15, -0.1) is 0 Å². The highest BCUT2D eigenvalue weighted by atomic mass is 16.6. The van der Waals surface area contributed by atoms with Gasteiger partial charge in [-0.05, 0) is 32.0 Å². The fourth-order valence-corrected chi connectivity index (χ4v) is 2.17. The predicted octanol–water partition coefficient (Wildman–Crippen LogP) is 2.11. The van der Waals surface area contributed by atoms with Crippen LogP contribution >= 0.6 is 0 Å². The van der Waals surface area contributed by atoms with Crippen LogP contribution in [-0.4, -0.2) is 18.0 Å². The molecule has 0 spiro atoms. The van der Waals surface area contributed by atoms with Crippen LogP contribution in [0.1, 0.15) is 35.9 Å². The largest absolute Gasteiger partial charge is 0.485 e. The lowest BCUT2D eigenvalue weighted by atomic mass is 9.93. The molecular weight excluding hydrogens is 192 g/mol. The van der Waals surface area contributed by atoms with Crippen molar-refractivity contribution < 1.29 is 14.3 Å². The van der Waals surface area contributed by atoms with Crippen LogP contribution in [0.4, 0.5) is 0 Å². The Morgan fingerprint density at radius 1 is 1.40 bits per heavy atom. The highest BCUT2D eigenvalue weighted by Crippen LogP contribution is 2.53. The van der Waals surface area contributed by atoms with Gasteiger partial charge in [0.05, 0.1) is 0 Å². The fourth-order valence-electron chi connectivity index (χ4n) is 2.17. The number of benzene rings is 1. The Hall–Kier alpha value is -1.35. The van der Waals surface area contributed by atoms with Gasteiger partial charge in [0, 0.05) is 11.1 Å². The zero-order chi connectivity index (χ0) is 10.6. The van der Waals surface area contributed by atoms with Crippen molar-refractivity contribution >= 4 is 6.29 Å². The van der Waals surface area contributed by atoms with Gasteiger partial charge >= 0.3 is 0 Å². The van der Waals surface area contributed by atoms with E-state index in [1.807, 2.05) is 26.0 Å². The van der Waals surface area contributed by atoms with E-state index in [9.17, 15) is 4.79 Å². The first-order valence-electron chi connectivity index (χ1n) is 5.05. The zero-order valence-electron chi connectivity index (χ0n) is 8.69. The SMILES string of the molecule is CC1(C)Oc2ccc(C=O)cc2C2OC21. The average Bonchev–Trinajstić information content (AvgIpc) is 2.97. The normalized spacial score (nSPS) is 29.7. The summed E-state index contributed by atoms with van der Waals surface area (Å²) in [7, 11) is 0. The molecule has 0 N–H and O–H groups in total. The molecule has 78 valence electrons. The van der Waals surface area contributed by atoms with Gasteiger partial charge in [0.2, 0.25) is 0 Å². The first-order valence-corrected chi connectivity index (χ1v) is 5.05. The second-order valence-corrected chi connectivity index (χ2v) is 4.60. The standard InChI is InChI=1S/C12H12O3/c1-12(2)11-10(14-11)8-5-7(6-13)3-4-9(8)15-12/h3-6,10-11H,1-2H3. The Bertz CT molecular complexity index is 436. The van der Waals surface area contributed by atoms with Gasteiger partial charge in [-0.2, -0.15) is 0 Å². The molecule has 3 rings (SSSR count). The molecule has 2 unspecified atom stereocenters. The molecule has 3 nitrogen and oxygen atoms in total. The lowest BCUT2D eigenvalue weighted by molar-refractivity contribution is 0.0725. The molecule has 0 bridgehead atoms. The Balaban J connectivity index is 2.09. The van der Waals surface area contributed by atoms with Gasteiger partial charge in [0.1, 0.15) is 29.8 Å². The summed E-state index contributed by atoms with van der Waals surface area (Å²) in [6.07, 6.45) is 1.09. The monoisotopic (exact) mass is 204 g/mol. The van der Waals surface area contributed by atoms with Gasteiger partial charge in [-0.1, -0.05) is 0 Å². The summed E-state index contributed by atoms with van der Waals surface area (Å²) in [5, 5.41) is 0. The Morgan fingerprint density at radius 3 is 2.93 bits per heavy atom. The summed E-state index contributed by atoms with van der Waals surface area (Å²) in [5.74, 6) is 0.837. The van der Waals surface area contributed by atoms with Crippen LogP contribution in [0.15, 0.2) is 18.2 Å². The fraction of sp³-hybridized carbons (Fsp3) is 0.417. The summed E-state index contributed by atoms with van der Waals surface area (Å²) < 4.78 is 11.4. The number of ether oxygens (including phenoxy) is 2. The summed E-state index contributed by atoms with van der Waals surface area (Å²) in [5.41, 5.74) is 1.41. The van der Waals surface area contributed by atoms with E-state index in [0.29, 0.717) is 5.56 Å². The number of carbonyl (C=O) groups is 1. The second-order valence-electron chi connectivity index (χ2n) is 4.60. The second kappa shape index (κ2) is 2.61. The molecule has 0 aliphatic carbocycles. The third kappa shape index (κ3) is 1.20. The predicted molar refractivity (Wildman–Crippen MR) is 54.2 cm³/mol. The lowest BCUT2D eigenvalue weighted by Gasteiger charge is -2.29. The number of rotatable bonds is 1. The third-order valence-electron chi connectivity index (χ3n) is 3.03. The van der Waals surface area contributed by atoms with Crippen LogP contribution in [-0.2, 0) is 4.74 Å². The Labute approximate surface area is 88.0 Å². The first kappa shape index (κ1) is 8.92. The molecule has 0 aromatic heterocycles. The average molecular weight is 204 g/mol. The van der Waals surface area contributed by atoms with Crippen molar-refractivity contribution in [2.24, 2.45) is 0 Å². The van der Waals surface area contributed by atoms with E-state index in [-0.39, 0.29) is 17.8 Å². The molecule has 2 aliphatic rings. The van der Waals surface area contributed by atoms with Gasteiger partial charge in [-0.3, -0.25) is 4.79 Å².